The fourth-order valence-electron chi connectivity index (χ4n) is 1.15. The number of carboxylic acids is 1. The number of likely N-dealkylation sites (N-methyl/N-ethyl adjacent to an activating group) is 1. The number of rotatable bonds is 7. The number of amides is 1. The summed E-state index contributed by atoms with van der Waals surface area (Å²) in [5, 5.41) is 14.2. The lowest BCUT2D eigenvalue weighted by Crippen LogP contribution is -2.53. The molecule has 0 aliphatic heterocycles. The first-order chi connectivity index (χ1) is 7.29. The first-order valence-electron chi connectivity index (χ1n) is 5.51. The Balaban J connectivity index is 3.91. The summed E-state index contributed by atoms with van der Waals surface area (Å²) in [4.78, 5) is 22.0. The second-order valence-corrected chi connectivity index (χ2v) is 4.54. The molecule has 0 aromatic heterocycles. The van der Waals surface area contributed by atoms with Crippen LogP contribution in [0.1, 0.15) is 40.0 Å². The van der Waals surface area contributed by atoms with Crippen molar-refractivity contribution < 1.29 is 14.7 Å². The monoisotopic (exact) mass is 230 g/mol. The highest BCUT2D eigenvalue weighted by atomic mass is 16.4. The molecule has 1 amide bonds. The molecule has 0 bridgehead atoms. The molecule has 5 heteroatoms. The van der Waals surface area contributed by atoms with Crippen molar-refractivity contribution in [3.8, 4) is 0 Å². The Hall–Kier alpha value is -1.10. The third-order valence-corrected chi connectivity index (χ3v) is 2.60. The van der Waals surface area contributed by atoms with Gasteiger partial charge in [0.1, 0.15) is 0 Å². The molecule has 1 atom stereocenters. The van der Waals surface area contributed by atoms with Gasteiger partial charge in [-0.25, -0.2) is 0 Å². The Labute approximate surface area is 96.6 Å². The SMILES string of the molecule is CNC(C)(C)C(=O)NC(C)CCCC(=O)O. The minimum atomic E-state index is -0.797. The van der Waals surface area contributed by atoms with Gasteiger partial charge in [0.2, 0.25) is 5.91 Å². The summed E-state index contributed by atoms with van der Waals surface area (Å²) < 4.78 is 0. The van der Waals surface area contributed by atoms with Crippen molar-refractivity contribution in [3.05, 3.63) is 0 Å². The number of carboxylic acid groups (broad SMARTS) is 1. The Morgan fingerprint density at radius 2 is 1.94 bits per heavy atom. The zero-order valence-electron chi connectivity index (χ0n) is 10.5. The minimum absolute atomic E-state index is 0.000486. The van der Waals surface area contributed by atoms with Gasteiger partial charge in [0.25, 0.3) is 0 Å². The maximum Gasteiger partial charge on any atom is 0.303 e. The van der Waals surface area contributed by atoms with E-state index in [4.69, 9.17) is 5.11 Å². The van der Waals surface area contributed by atoms with E-state index in [0.717, 1.165) is 0 Å². The predicted octanol–water partition coefficient (Wildman–Crippen LogP) is 0.744. The molecule has 0 heterocycles. The van der Waals surface area contributed by atoms with E-state index in [9.17, 15) is 9.59 Å². The topological polar surface area (TPSA) is 78.4 Å². The van der Waals surface area contributed by atoms with Crippen molar-refractivity contribution in [2.75, 3.05) is 7.05 Å². The highest BCUT2D eigenvalue weighted by molar-refractivity contribution is 5.85. The Morgan fingerprint density at radius 3 is 2.38 bits per heavy atom. The van der Waals surface area contributed by atoms with Gasteiger partial charge in [-0.2, -0.15) is 0 Å². The molecule has 0 rings (SSSR count). The van der Waals surface area contributed by atoms with Crippen LogP contribution < -0.4 is 10.6 Å². The van der Waals surface area contributed by atoms with Gasteiger partial charge in [0, 0.05) is 12.5 Å². The Bertz CT molecular complexity index is 252. The highest BCUT2D eigenvalue weighted by Crippen LogP contribution is 2.05. The lowest BCUT2D eigenvalue weighted by molar-refractivity contribution is -0.137. The maximum absolute atomic E-state index is 11.7. The van der Waals surface area contributed by atoms with E-state index in [2.05, 4.69) is 10.6 Å². The van der Waals surface area contributed by atoms with Crippen molar-refractivity contribution in [1.29, 1.82) is 0 Å². The van der Waals surface area contributed by atoms with Crippen LogP contribution in [0.4, 0.5) is 0 Å². The van der Waals surface area contributed by atoms with Crippen LogP contribution in [0.2, 0.25) is 0 Å². The molecular formula is C11H22N2O3. The highest BCUT2D eigenvalue weighted by Gasteiger charge is 2.25. The van der Waals surface area contributed by atoms with Crippen LogP contribution in [0, 0.1) is 0 Å². The molecule has 5 nitrogen and oxygen atoms in total. The quantitative estimate of drug-likeness (QED) is 0.603. The summed E-state index contributed by atoms with van der Waals surface area (Å²) in [6.07, 6.45) is 1.41. The van der Waals surface area contributed by atoms with Gasteiger partial charge < -0.3 is 15.7 Å². The fraction of sp³-hybridized carbons (Fsp3) is 0.818. The molecule has 0 aromatic carbocycles. The van der Waals surface area contributed by atoms with Crippen LogP contribution in [0.25, 0.3) is 0 Å². The molecule has 0 saturated heterocycles. The third-order valence-electron chi connectivity index (χ3n) is 2.60. The molecule has 0 fully saturated rings. The minimum Gasteiger partial charge on any atom is -0.481 e. The second kappa shape index (κ2) is 6.48. The van der Waals surface area contributed by atoms with Gasteiger partial charge in [-0.15, -0.1) is 0 Å². The molecule has 0 aromatic rings. The number of carbonyl (C=O) groups excluding carboxylic acids is 1. The number of nitrogens with one attached hydrogen (secondary N) is 2. The lowest BCUT2D eigenvalue weighted by Gasteiger charge is -2.25. The van der Waals surface area contributed by atoms with Crippen molar-refractivity contribution in [3.63, 3.8) is 0 Å². The number of hydrogen-bond donors (Lipinski definition) is 3. The van der Waals surface area contributed by atoms with Crippen molar-refractivity contribution in [2.24, 2.45) is 0 Å². The lowest BCUT2D eigenvalue weighted by atomic mass is 10.0. The predicted molar refractivity (Wildman–Crippen MR) is 62.2 cm³/mol. The number of aliphatic carboxylic acids is 1. The Morgan fingerprint density at radius 1 is 1.38 bits per heavy atom. The molecule has 3 N–H and O–H groups in total. The fourth-order valence-corrected chi connectivity index (χ4v) is 1.15. The molecule has 1 unspecified atom stereocenters. The van der Waals surface area contributed by atoms with Crippen LogP contribution in [0.5, 0.6) is 0 Å². The average molecular weight is 230 g/mol. The van der Waals surface area contributed by atoms with E-state index in [1.807, 2.05) is 6.92 Å². The molecular weight excluding hydrogens is 208 g/mol. The summed E-state index contributed by atoms with van der Waals surface area (Å²) in [5.41, 5.74) is -0.596. The van der Waals surface area contributed by atoms with Crippen LogP contribution in [0.15, 0.2) is 0 Å². The Kier molecular flexibility index (Phi) is 6.03. The van der Waals surface area contributed by atoms with Gasteiger partial charge in [0.15, 0.2) is 0 Å². The van der Waals surface area contributed by atoms with Crippen molar-refractivity contribution in [2.45, 2.75) is 51.6 Å². The van der Waals surface area contributed by atoms with Gasteiger partial charge in [0.05, 0.1) is 5.54 Å². The van der Waals surface area contributed by atoms with Crippen LogP contribution >= 0.6 is 0 Å². The van der Waals surface area contributed by atoms with E-state index in [1.54, 1.807) is 20.9 Å². The van der Waals surface area contributed by atoms with Gasteiger partial charge in [-0.3, -0.25) is 9.59 Å². The second-order valence-electron chi connectivity index (χ2n) is 4.54. The number of carbonyl (C=O) groups is 2. The number of hydrogen-bond acceptors (Lipinski definition) is 3. The summed E-state index contributed by atoms with van der Waals surface area (Å²) >= 11 is 0. The van der Waals surface area contributed by atoms with Gasteiger partial charge in [-0.05, 0) is 40.7 Å². The van der Waals surface area contributed by atoms with E-state index in [1.165, 1.54) is 0 Å². The molecule has 0 saturated carbocycles. The standard InChI is InChI=1S/C11H22N2O3/c1-8(6-5-7-9(14)15)13-10(16)11(2,3)12-4/h8,12H,5-7H2,1-4H3,(H,13,16)(H,14,15). The van der Waals surface area contributed by atoms with Crippen LogP contribution in [-0.2, 0) is 9.59 Å². The summed E-state index contributed by atoms with van der Waals surface area (Å²) in [5.74, 6) is -0.869. The molecule has 94 valence electrons. The largest absolute Gasteiger partial charge is 0.481 e. The zero-order valence-corrected chi connectivity index (χ0v) is 10.5. The van der Waals surface area contributed by atoms with E-state index in [-0.39, 0.29) is 18.4 Å². The third kappa shape index (κ3) is 5.70. The van der Waals surface area contributed by atoms with E-state index < -0.39 is 11.5 Å². The molecule has 0 aliphatic rings. The maximum atomic E-state index is 11.7. The van der Waals surface area contributed by atoms with Gasteiger partial charge in [-0.1, -0.05) is 0 Å². The zero-order chi connectivity index (χ0) is 12.8. The van der Waals surface area contributed by atoms with E-state index >= 15 is 0 Å². The average Bonchev–Trinajstić information content (AvgIpc) is 2.16. The smallest absolute Gasteiger partial charge is 0.303 e. The molecule has 0 radical (unpaired) electrons. The first-order valence-corrected chi connectivity index (χ1v) is 5.51. The molecule has 0 spiro atoms. The summed E-state index contributed by atoms with van der Waals surface area (Å²) in [6.45, 7) is 5.48. The van der Waals surface area contributed by atoms with Gasteiger partial charge >= 0.3 is 5.97 Å². The summed E-state index contributed by atoms with van der Waals surface area (Å²) in [7, 11) is 1.73. The first kappa shape index (κ1) is 14.9. The van der Waals surface area contributed by atoms with Crippen molar-refractivity contribution >= 4 is 11.9 Å². The molecule has 16 heavy (non-hydrogen) atoms. The molecule has 0 aliphatic carbocycles. The normalized spacial score (nSPS) is 13.2. The summed E-state index contributed by atoms with van der Waals surface area (Å²) in [6, 6.07) is -0.000486. The van der Waals surface area contributed by atoms with E-state index in [0.29, 0.717) is 12.8 Å². The van der Waals surface area contributed by atoms with Crippen molar-refractivity contribution in [1.82, 2.24) is 10.6 Å². The van der Waals surface area contributed by atoms with Crippen LogP contribution in [-0.4, -0.2) is 35.6 Å². The van der Waals surface area contributed by atoms with Crippen LogP contribution in [0.3, 0.4) is 0 Å².